The summed E-state index contributed by atoms with van der Waals surface area (Å²) in [5.41, 5.74) is 0. The number of hydrogen-bond donors (Lipinski definition) is 1. The highest BCUT2D eigenvalue weighted by atomic mass is 79.9. The topological polar surface area (TPSA) is 51.0 Å². The summed E-state index contributed by atoms with van der Waals surface area (Å²) in [5, 5.41) is 6.74. The summed E-state index contributed by atoms with van der Waals surface area (Å²) in [6, 6.07) is 0.431. The summed E-state index contributed by atoms with van der Waals surface area (Å²) in [7, 11) is 0. The highest BCUT2D eigenvalue weighted by Crippen LogP contribution is 2.03. The van der Waals surface area contributed by atoms with Gasteiger partial charge in [-0.05, 0) is 21.1 Å². The van der Waals surface area contributed by atoms with Crippen molar-refractivity contribution in [2.45, 2.75) is 26.4 Å². The summed E-state index contributed by atoms with van der Waals surface area (Å²) < 4.78 is 5.34. The Labute approximate surface area is 73.5 Å². The molecule has 0 aliphatic rings. The van der Waals surface area contributed by atoms with Crippen LogP contribution in [-0.4, -0.2) is 16.2 Å². The molecular weight excluding hydrogens is 210 g/mol. The van der Waals surface area contributed by atoms with Crippen LogP contribution in [0.25, 0.3) is 0 Å². The quantitative estimate of drug-likeness (QED) is 0.834. The Morgan fingerprint density at radius 2 is 2.36 bits per heavy atom. The van der Waals surface area contributed by atoms with E-state index in [0.29, 0.717) is 23.2 Å². The van der Waals surface area contributed by atoms with Crippen molar-refractivity contribution >= 4 is 15.9 Å². The van der Waals surface area contributed by atoms with Gasteiger partial charge in [0.15, 0.2) is 0 Å². The van der Waals surface area contributed by atoms with Gasteiger partial charge in [0.05, 0.1) is 6.54 Å². The van der Waals surface area contributed by atoms with Crippen LogP contribution in [0.4, 0.5) is 0 Å². The van der Waals surface area contributed by atoms with Crippen molar-refractivity contribution in [2.24, 2.45) is 0 Å². The monoisotopic (exact) mass is 219 g/mol. The number of rotatable bonds is 3. The molecule has 1 N–H and O–H groups in total. The van der Waals surface area contributed by atoms with Crippen LogP contribution in [-0.2, 0) is 6.54 Å². The van der Waals surface area contributed by atoms with Crippen molar-refractivity contribution in [3.63, 3.8) is 0 Å². The normalized spacial score (nSPS) is 10.9. The van der Waals surface area contributed by atoms with Crippen molar-refractivity contribution in [1.82, 2.24) is 15.5 Å². The van der Waals surface area contributed by atoms with Crippen LogP contribution in [0.3, 0.4) is 0 Å². The third-order valence-corrected chi connectivity index (χ3v) is 1.43. The average molecular weight is 220 g/mol. The molecule has 0 unspecified atom stereocenters. The largest absolute Gasteiger partial charge is 0.337 e. The highest BCUT2D eigenvalue weighted by Gasteiger charge is 2.02. The van der Waals surface area contributed by atoms with Crippen LogP contribution < -0.4 is 5.32 Å². The zero-order valence-electron chi connectivity index (χ0n) is 6.47. The van der Waals surface area contributed by atoms with E-state index in [2.05, 4.69) is 45.2 Å². The molecule has 0 aliphatic heterocycles. The SMILES string of the molecule is CC(C)NCc1nc(Br)no1. The van der Waals surface area contributed by atoms with Gasteiger partial charge in [-0.2, -0.15) is 4.98 Å². The first-order chi connectivity index (χ1) is 5.18. The Balaban J connectivity index is 2.39. The minimum absolute atomic E-state index is 0.431. The van der Waals surface area contributed by atoms with E-state index in [9.17, 15) is 0 Å². The second-order valence-electron chi connectivity index (χ2n) is 2.49. The van der Waals surface area contributed by atoms with Crippen molar-refractivity contribution in [3.05, 3.63) is 10.6 Å². The smallest absolute Gasteiger partial charge is 0.241 e. The first kappa shape index (κ1) is 8.67. The molecule has 0 radical (unpaired) electrons. The summed E-state index contributed by atoms with van der Waals surface area (Å²) >= 11 is 3.10. The lowest BCUT2D eigenvalue weighted by atomic mass is 10.4. The van der Waals surface area contributed by atoms with E-state index in [-0.39, 0.29) is 0 Å². The van der Waals surface area contributed by atoms with Gasteiger partial charge in [0.2, 0.25) is 10.6 Å². The van der Waals surface area contributed by atoms with E-state index in [0.717, 1.165) is 0 Å². The summed E-state index contributed by atoms with van der Waals surface area (Å²) in [6.45, 7) is 4.74. The van der Waals surface area contributed by atoms with Gasteiger partial charge >= 0.3 is 0 Å². The maximum absolute atomic E-state index is 4.84. The molecule has 1 heterocycles. The molecule has 62 valence electrons. The third kappa shape index (κ3) is 2.98. The predicted molar refractivity (Wildman–Crippen MR) is 44.0 cm³/mol. The van der Waals surface area contributed by atoms with E-state index in [1.807, 2.05) is 0 Å². The van der Waals surface area contributed by atoms with Gasteiger partial charge in [0, 0.05) is 6.04 Å². The fourth-order valence-corrected chi connectivity index (χ4v) is 0.867. The van der Waals surface area contributed by atoms with E-state index in [1.54, 1.807) is 0 Å². The minimum Gasteiger partial charge on any atom is -0.337 e. The van der Waals surface area contributed by atoms with E-state index in [4.69, 9.17) is 4.52 Å². The highest BCUT2D eigenvalue weighted by molar-refractivity contribution is 9.10. The van der Waals surface area contributed by atoms with Gasteiger partial charge in [0.25, 0.3) is 0 Å². The number of aromatic nitrogens is 2. The van der Waals surface area contributed by atoms with Gasteiger partial charge in [-0.25, -0.2) is 0 Å². The predicted octanol–water partition coefficient (Wildman–Crippen LogP) is 1.33. The number of nitrogens with one attached hydrogen (secondary N) is 1. The standard InChI is InChI=1S/C6H10BrN3O/c1-4(2)8-3-5-9-6(7)10-11-5/h4,8H,3H2,1-2H3. The third-order valence-electron chi connectivity index (χ3n) is 1.10. The number of nitrogens with zero attached hydrogens (tertiary/aromatic N) is 2. The fraction of sp³-hybridized carbons (Fsp3) is 0.667. The molecular formula is C6H10BrN3O. The molecule has 1 rings (SSSR count). The van der Waals surface area contributed by atoms with Gasteiger partial charge in [0.1, 0.15) is 0 Å². The summed E-state index contributed by atoms with van der Waals surface area (Å²) in [4.78, 5) is 3.96. The molecule has 5 heteroatoms. The maximum atomic E-state index is 4.84. The molecule has 0 amide bonds. The summed E-state index contributed by atoms with van der Waals surface area (Å²) in [6.07, 6.45) is 0. The molecule has 0 saturated carbocycles. The Morgan fingerprint density at radius 1 is 1.64 bits per heavy atom. The van der Waals surface area contributed by atoms with Crippen LogP contribution in [0.2, 0.25) is 0 Å². The van der Waals surface area contributed by atoms with Gasteiger partial charge in [-0.3, -0.25) is 0 Å². The molecule has 0 spiro atoms. The lowest BCUT2D eigenvalue weighted by molar-refractivity contribution is 0.359. The average Bonchev–Trinajstić information content (AvgIpc) is 2.31. The molecule has 0 atom stereocenters. The van der Waals surface area contributed by atoms with Gasteiger partial charge in [-0.15, -0.1) is 0 Å². The van der Waals surface area contributed by atoms with Gasteiger partial charge < -0.3 is 9.84 Å². The van der Waals surface area contributed by atoms with Crippen LogP contribution in [0, 0.1) is 0 Å². The Bertz CT molecular complexity index is 223. The molecule has 0 bridgehead atoms. The van der Waals surface area contributed by atoms with Crippen molar-refractivity contribution in [2.75, 3.05) is 0 Å². The molecule has 0 fully saturated rings. The molecule has 0 aliphatic carbocycles. The Kier molecular flexibility index (Phi) is 3.02. The van der Waals surface area contributed by atoms with Crippen LogP contribution in [0.15, 0.2) is 9.26 Å². The Hall–Kier alpha value is -0.420. The van der Waals surface area contributed by atoms with Crippen LogP contribution in [0.1, 0.15) is 19.7 Å². The van der Waals surface area contributed by atoms with Crippen molar-refractivity contribution in [3.8, 4) is 0 Å². The van der Waals surface area contributed by atoms with E-state index < -0.39 is 0 Å². The lowest BCUT2D eigenvalue weighted by Crippen LogP contribution is -2.21. The zero-order chi connectivity index (χ0) is 8.27. The molecule has 4 nitrogen and oxygen atoms in total. The second kappa shape index (κ2) is 3.82. The molecule has 11 heavy (non-hydrogen) atoms. The molecule has 1 aromatic rings. The lowest BCUT2D eigenvalue weighted by Gasteiger charge is -2.02. The Morgan fingerprint density at radius 3 is 2.82 bits per heavy atom. The first-order valence-electron chi connectivity index (χ1n) is 3.40. The molecule has 1 aromatic heterocycles. The first-order valence-corrected chi connectivity index (χ1v) is 4.19. The van der Waals surface area contributed by atoms with Gasteiger partial charge in [-0.1, -0.05) is 13.8 Å². The number of hydrogen-bond acceptors (Lipinski definition) is 4. The van der Waals surface area contributed by atoms with Crippen molar-refractivity contribution < 1.29 is 4.52 Å². The fourth-order valence-electron chi connectivity index (χ4n) is 0.597. The second-order valence-corrected chi connectivity index (χ2v) is 3.20. The van der Waals surface area contributed by atoms with E-state index in [1.165, 1.54) is 0 Å². The van der Waals surface area contributed by atoms with Crippen LogP contribution in [0.5, 0.6) is 0 Å². The zero-order valence-corrected chi connectivity index (χ0v) is 8.05. The molecule has 0 saturated heterocycles. The van der Waals surface area contributed by atoms with E-state index >= 15 is 0 Å². The number of halogens is 1. The summed E-state index contributed by atoms with van der Waals surface area (Å²) in [5.74, 6) is 0.602. The minimum atomic E-state index is 0.431. The molecule has 0 aromatic carbocycles. The van der Waals surface area contributed by atoms with Crippen LogP contribution >= 0.6 is 15.9 Å². The maximum Gasteiger partial charge on any atom is 0.241 e. The van der Waals surface area contributed by atoms with Crippen molar-refractivity contribution in [1.29, 1.82) is 0 Å².